The predicted molar refractivity (Wildman–Crippen MR) is 75.0 cm³/mol. The maximum atomic E-state index is 9.29. The number of aromatic hydroxyl groups is 1. The summed E-state index contributed by atoms with van der Waals surface area (Å²) in [6.45, 7) is 6.38. The zero-order valence-electron chi connectivity index (χ0n) is 11.7. The van der Waals surface area contributed by atoms with E-state index in [1.54, 1.807) is 12.1 Å². The zero-order valence-corrected chi connectivity index (χ0v) is 11.7. The number of nitrogens with one attached hydrogen (secondary N) is 1. The maximum absolute atomic E-state index is 9.29. The summed E-state index contributed by atoms with van der Waals surface area (Å²) in [7, 11) is 0. The van der Waals surface area contributed by atoms with Crippen LogP contribution < -0.4 is 5.32 Å². The second-order valence-corrected chi connectivity index (χ2v) is 6.44. The summed E-state index contributed by atoms with van der Waals surface area (Å²) in [6.07, 6.45) is 2.90. The topological polar surface area (TPSA) is 41.5 Å². The van der Waals surface area contributed by atoms with Gasteiger partial charge < -0.3 is 15.2 Å². The Kier molecular flexibility index (Phi) is 3.27. The van der Waals surface area contributed by atoms with E-state index >= 15 is 0 Å². The van der Waals surface area contributed by atoms with Crippen molar-refractivity contribution in [3.63, 3.8) is 0 Å². The number of benzene rings is 1. The molecule has 0 radical (unpaired) electrons. The van der Waals surface area contributed by atoms with Crippen LogP contribution in [0.25, 0.3) is 0 Å². The van der Waals surface area contributed by atoms with Gasteiger partial charge in [-0.2, -0.15) is 0 Å². The molecule has 19 heavy (non-hydrogen) atoms. The summed E-state index contributed by atoms with van der Waals surface area (Å²) in [6, 6.07) is 7.97. The molecule has 0 aromatic heterocycles. The van der Waals surface area contributed by atoms with E-state index in [0.717, 1.165) is 13.2 Å². The van der Waals surface area contributed by atoms with Gasteiger partial charge in [-0.1, -0.05) is 26.0 Å². The minimum atomic E-state index is 0.224. The SMILES string of the molecule is CC1(C)C(NCc2ccc(O)cc2)C2CCCOC21. The molecule has 0 amide bonds. The Morgan fingerprint density at radius 1 is 1.32 bits per heavy atom. The van der Waals surface area contributed by atoms with Gasteiger partial charge in [0, 0.05) is 30.5 Å². The maximum Gasteiger partial charge on any atom is 0.115 e. The van der Waals surface area contributed by atoms with Crippen LogP contribution in [0.5, 0.6) is 5.75 Å². The molecular weight excluding hydrogens is 238 g/mol. The molecule has 1 saturated carbocycles. The molecule has 2 N–H and O–H groups in total. The molecule has 1 saturated heterocycles. The highest BCUT2D eigenvalue weighted by Crippen LogP contribution is 2.51. The predicted octanol–water partition coefficient (Wildman–Crippen LogP) is 2.69. The summed E-state index contributed by atoms with van der Waals surface area (Å²) >= 11 is 0. The summed E-state index contributed by atoms with van der Waals surface area (Å²) in [4.78, 5) is 0. The van der Waals surface area contributed by atoms with Crippen molar-refractivity contribution in [3.8, 4) is 5.75 Å². The third-order valence-corrected chi connectivity index (χ3v) is 4.79. The number of rotatable bonds is 3. The summed E-state index contributed by atoms with van der Waals surface area (Å²) in [5.74, 6) is 0.995. The first-order chi connectivity index (χ1) is 9.09. The number of hydrogen-bond donors (Lipinski definition) is 2. The molecule has 3 nitrogen and oxygen atoms in total. The molecule has 3 unspecified atom stereocenters. The Morgan fingerprint density at radius 3 is 2.79 bits per heavy atom. The Morgan fingerprint density at radius 2 is 2.05 bits per heavy atom. The number of ether oxygens (including phenoxy) is 1. The van der Waals surface area contributed by atoms with Gasteiger partial charge in [-0.15, -0.1) is 0 Å². The molecule has 0 spiro atoms. The van der Waals surface area contributed by atoms with E-state index in [1.807, 2.05) is 12.1 Å². The highest BCUT2D eigenvalue weighted by atomic mass is 16.5. The lowest BCUT2D eigenvalue weighted by Gasteiger charge is -2.60. The molecule has 0 bridgehead atoms. The van der Waals surface area contributed by atoms with Crippen molar-refractivity contribution in [3.05, 3.63) is 29.8 Å². The van der Waals surface area contributed by atoms with E-state index in [4.69, 9.17) is 4.74 Å². The fourth-order valence-corrected chi connectivity index (χ4v) is 3.78. The van der Waals surface area contributed by atoms with Crippen molar-refractivity contribution < 1.29 is 9.84 Å². The highest BCUT2D eigenvalue weighted by molar-refractivity contribution is 5.26. The first-order valence-electron chi connectivity index (χ1n) is 7.22. The van der Waals surface area contributed by atoms with Crippen LogP contribution in [0.3, 0.4) is 0 Å². The van der Waals surface area contributed by atoms with Gasteiger partial charge in [0.25, 0.3) is 0 Å². The van der Waals surface area contributed by atoms with E-state index in [9.17, 15) is 5.11 Å². The van der Waals surface area contributed by atoms with E-state index in [-0.39, 0.29) is 5.41 Å². The summed E-state index contributed by atoms with van der Waals surface area (Å²) < 4.78 is 5.92. The van der Waals surface area contributed by atoms with Gasteiger partial charge in [0.2, 0.25) is 0 Å². The first-order valence-corrected chi connectivity index (χ1v) is 7.22. The molecule has 2 fully saturated rings. The third-order valence-electron chi connectivity index (χ3n) is 4.79. The number of phenolic OH excluding ortho intramolecular Hbond substituents is 1. The average molecular weight is 261 g/mol. The molecule has 104 valence electrons. The van der Waals surface area contributed by atoms with Crippen molar-refractivity contribution in [2.75, 3.05) is 6.61 Å². The molecule has 1 heterocycles. The minimum absolute atomic E-state index is 0.224. The molecule has 3 heteroatoms. The van der Waals surface area contributed by atoms with Crippen LogP contribution in [-0.4, -0.2) is 23.9 Å². The molecule has 3 atom stereocenters. The molecule has 1 aliphatic heterocycles. The van der Waals surface area contributed by atoms with Crippen molar-refractivity contribution in [2.24, 2.45) is 11.3 Å². The van der Waals surface area contributed by atoms with Gasteiger partial charge in [0.15, 0.2) is 0 Å². The Labute approximate surface area is 115 Å². The van der Waals surface area contributed by atoms with Crippen molar-refractivity contribution >= 4 is 0 Å². The number of hydrogen-bond acceptors (Lipinski definition) is 3. The third kappa shape index (κ3) is 2.26. The summed E-state index contributed by atoms with van der Waals surface area (Å²) in [5.41, 5.74) is 1.44. The Bertz CT molecular complexity index is 441. The highest BCUT2D eigenvalue weighted by Gasteiger charge is 2.57. The lowest BCUT2D eigenvalue weighted by molar-refractivity contribution is -0.192. The second kappa shape index (κ2) is 4.80. The molecule has 1 aromatic carbocycles. The lowest BCUT2D eigenvalue weighted by atomic mass is 9.55. The van der Waals surface area contributed by atoms with Crippen molar-refractivity contribution in [1.82, 2.24) is 5.32 Å². The molecule has 1 aliphatic carbocycles. The van der Waals surface area contributed by atoms with Gasteiger partial charge in [0.1, 0.15) is 5.75 Å². The Hall–Kier alpha value is -1.06. The van der Waals surface area contributed by atoms with E-state index in [1.165, 1.54) is 18.4 Å². The zero-order chi connectivity index (χ0) is 13.5. The van der Waals surface area contributed by atoms with Crippen LogP contribution in [0.15, 0.2) is 24.3 Å². The standard InChI is InChI=1S/C16H23NO2/c1-16(2)14(13-4-3-9-19-15(13)16)17-10-11-5-7-12(18)8-6-11/h5-8,13-15,17-18H,3-4,9-10H2,1-2H3. The van der Waals surface area contributed by atoms with Crippen molar-refractivity contribution in [1.29, 1.82) is 0 Å². The minimum Gasteiger partial charge on any atom is -0.508 e. The van der Waals surface area contributed by atoms with Crippen LogP contribution in [-0.2, 0) is 11.3 Å². The van der Waals surface area contributed by atoms with Gasteiger partial charge in [0.05, 0.1) is 6.10 Å². The second-order valence-electron chi connectivity index (χ2n) is 6.44. The van der Waals surface area contributed by atoms with Crippen LogP contribution in [0.1, 0.15) is 32.3 Å². The number of fused-ring (bicyclic) bond motifs is 1. The van der Waals surface area contributed by atoms with Crippen LogP contribution >= 0.6 is 0 Å². The Balaban J connectivity index is 1.62. The van der Waals surface area contributed by atoms with Gasteiger partial charge in [-0.25, -0.2) is 0 Å². The van der Waals surface area contributed by atoms with Crippen LogP contribution in [0.4, 0.5) is 0 Å². The number of phenols is 1. The fraction of sp³-hybridized carbons (Fsp3) is 0.625. The first kappa shape index (κ1) is 12.9. The average Bonchev–Trinajstić information content (AvgIpc) is 2.41. The fourth-order valence-electron chi connectivity index (χ4n) is 3.78. The molecule has 3 rings (SSSR count). The van der Waals surface area contributed by atoms with Gasteiger partial charge >= 0.3 is 0 Å². The molecule has 2 aliphatic rings. The van der Waals surface area contributed by atoms with E-state index in [2.05, 4.69) is 19.2 Å². The normalized spacial score (nSPS) is 32.4. The largest absolute Gasteiger partial charge is 0.508 e. The van der Waals surface area contributed by atoms with E-state index in [0.29, 0.717) is 23.8 Å². The quantitative estimate of drug-likeness (QED) is 0.879. The van der Waals surface area contributed by atoms with Gasteiger partial charge in [-0.3, -0.25) is 0 Å². The monoisotopic (exact) mass is 261 g/mol. The van der Waals surface area contributed by atoms with Crippen molar-refractivity contribution in [2.45, 2.75) is 45.4 Å². The van der Waals surface area contributed by atoms with Gasteiger partial charge in [-0.05, 0) is 30.5 Å². The van der Waals surface area contributed by atoms with Crippen LogP contribution in [0.2, 0.25) is 0 Å². The van der Waals surface area contributed by atoms with E-state index < -0.39 is 0 Å². The van der Waals surface area contributed by atoms with Crippen LogP contribution in [0, 0.1) is 11.3 Å². The lowest BCUT2D eigenvalue weighted by Crippen LogP contribution is -2.69. The molecule has 1 aromatic rings. The molecular formula is C16H23NO2. The summed E-state index contributed by atoms with van der Waals surface area (Å²) in [5, 5.41) is 13.0. The smallest absolute Gasteiger partial charge is 0.115 e.